The maximum absolute atomic E-state index is 13.7. The molecule has 19 heavy (non-hydrogen) atoms. The number of rotatable bonds is 6. The van der Waals surface area contributed by atoms with Gasteiger partial charge in [-0.05, 0) is 25.1 Å². The Kier molecular flexibility index (Phi) is 4.77. The summed E-state index contributed by atoms with van der Waals surface area (Å²) in [6.07, 6.45) is 0.674. The van der Waals surface area contributed by atoms with Crippen LogP contribution >= 0.6 is 11.6 Å². The molecule has 5 heteroatoms. The molecule has 1 aromatic carbocycles. The molecule has 2 unspecified atom stereocenters. The molecule has 1 aliphatic rings. The lowest BCUT2D eigenvalue weighted by molar-refractivity contribution is -0.122. The molecule has 0 bridgehead atoms. The van der Waals surface area contributed by atoms with Crippen LogP contribution in [0.5, 0.6) is 0 Å². The third-order valence-corrected chi connectivity index (χ3v) is 3.68. The number of carbonyl (C=O) groups excluding carboxylic acids is 1. The zero-order chi connectivity index (χ0) is 13.8. The molecule has 2 atom stereocenters. The van der Waals surface area contributed by atoms with Gasteiger partial charge in [-0.15, -0.1) is 0 Å². The van der Waals surface area contributed by atoms with Crippen molar-refractivity contribution < 1.29 is 9.18 Å². The zero-order valence-corrected chi connectivity index (χ0v) is 11.6. The van der Waals surface area contributed by atoms with Gasteiger partial charge < -0.3 is 10.6 Å². The van der Waals surface area contributed by atoms with Gasteiger partial charge in [0.05, 0.1) is 0 Å². The Hall–Kier alpha value is -1.13. The van der Waals surface area contributed by atoms with Crippen LogP contribution in [-0.2, 0) is 4.79 Å². The van der Waals surface area contributed by atoms with Gasteiger partial charge in [0.15, 0.2) is 0 Å². The molecule has 0 aliphatic heterocycles. The third kappa shape index (κ3) is 3.45. The molecular weight excluding hydrogens is 267 g/mol. The first kappa shape index (κ1) is 14.3. The first-order valence-corrected chi connectivity index (χ1v) is 6.95. The van der Waals surface area contributed by atoms with Crippen molar-refractivity contribution >= 4 is 17.5 Å². The molecule has 1 amide bonds. The molecule has 0 aromatic heterocycles. The molecule has 1 saturated carbocycles. The van der Waals surface area contributed by atoms with Crippen LogP contribution in [0, 0.1) is 11.7 Å². The van der Waals surface area contributed by atoms with E-state index in [2.05, 4.69) is 10.6 Å². The highest BCUT2D eigenvalue weighted by molar-refractivity contribution is 6.31. The van der Waals surface area contributed by atoms with Gasteiger partial charge in [0.25, 0.3) is 0 Å². The lowest BCUT2D eigenvalue weighted by atomic mass is 10.1. The Morgan fingerprint density at radius 2 is 2.26 bits per heavy atom. The summed E-state index contributed by atoms with van der Waals surface area (Å²) >= 11 is 6.00. The lowest BCUT2D eigenvalue weighted by Gasteiger charge is -2.07. The summed E-state index contributed by atoms with van der Waals surface area (Å²) in [7, 11) is 0. The summed E-state index contributed by atoms with van der Waals surface area (Å²) in [6, 6.07) is 4.63. The smallest absolute Gasteiger partial charge is 0.223 e. The molecule has 104 valence electrons. The highest BCUT2D eigenvalue weighted by atomic mass is 35.5. The highest BCUT2D eigenvalue weighted by Gasteiger charge is 2.45. The van der Waals surface area contributed by atoms with Crippen molar-refractivity contribution in [1.29, 1.82) is 0 Å². The second-order valence-corrected chi connectivity index (χ2v) is 5.14. The predicted molar refractivity (Wildman–Crippen MR) is 73.8 cm³/mol. The van der Waals surface area contributed by atoms with E-state index in [1.165, 1.54) is 6.07 Å². The van der Waals surface area contributed by atoms with E-state index in [4.69, 9.17) is 11.6 Å². The summed E-state index contributed by atoms with van der Waals surface area (Å²) in [6.45, 7) is 4.24. The zero-order valence-electron chi connectivity index (χ0n) is 10.9. The van der Waals surface area contributed by atoms with Crippen LogP contribution in [0.25, 0.3) is 0 Å². The molecule has 1 aliphatic carbocycles. The summed E-state index contributed by atoms with van der Waals surface area (Å²) in [5, 5.41) is 6.39. The van der Waals surface area contributed by atoms with Crippen molar-refractivity contribution in [3.05, 3.63) is 34.6 Å². The summed E-state index contributed by atoms with van der Waals surface area (Å²) in [5.74, 6) is -0.550. The topological polar surface area (TPSA) is 41.1 Å². The van der Waals surface area contributed by atoms with Gasteiger partial charge in [-0.3, -0.25) is 4.79 Å². The second kappa shape index (κ2) is 6.35. The van der Waals surface area contributed by atoms with E-state index in [9.17, 15) is 9.18 Å². The average Bonchev–Trinajstić information content (AvgIpc) is 3.14. The number of carbonyl (C=O) groups is 1. The molecular formula is C14H18ClFN2O. The van der Waals surface area contributed by atoms with Gasteiger partial charge in [0.2, 0.25) is 5.91 Å². The molecule has 0 heterocycles. The van der Waals surface area contributed by atoms with Gasteiger partial charge in [-0.25, -0.2) is 4.39 Å². The monoisotopic (exact) mass is 284 g/mol. The fraction of sp³-hybridized carbons (Fsp3) is 0.500. The summed E-state index contributed by atoms with van der Waals surface area (Å²) in [5.41, 5.74) is 0.482. The van der Waals surface area contributed by atoms with Crippen LogP contribution in [0.4, 0.5) is 4.39 Å². The number of nitrogens with one attached hydrogen (secondary N) is 2. The Morgan fingerprint density at radius 3 is 2.95 bits per heavy atom. The second-order valence-electron chi connectivity index (χ2n) is 4.73. The molecule has 0 radical (unpaired) electrons. The van der Waals surface area contributed by atoms with Crippen molar-refractivity contribution in [2.24, 2.45) is 5.92 Å². The van der Waals surface area contributed by atoms with Gasteiger partial charge in [0.1, 0.15) is 5.82 Å². The molecule has 2 N–H and O–H groups in total. The van der Waals surface area contributed by atoms with Crippen LogP contribution in [0.3, 0.4) is 0 Å². The van der Waals surface area contributed by atoms with Gasteiger partial charge in [-0.1, -0.05) is 24.6 Å². The maximum Gasteiger partial charge on any atom is 0.223 e. The van der Waals surface area contributed by atoms with E-state index in [1.54, 1.807) is 12.1 Å². The summed E-state index contributed by atoms with van der Waals surface area (Å²) in [4.78, 5) is 11.9. The standard InChI is InChI=1S/C14H18ClFN2O/c1-2-17-6-7-18-14(19)10-8-9(10)13-11(15)4-3-5-12(13)16/h3-5,9-10,17H,2,6-8H2,1H3,(H,18,19). The Bertz CT molecular complexity index is 447. The molecule has 0 saturated heterocycles. The maximum atomic E-state index is 13.7. The van der Waals surface area contributed by atoms with Gasteiger partial charge in [-0.2, -0.15) is 0 Å². The van der Waals surface area contributed by atoms with E-state index >= 15 is 0 Å². The number of halogens is 2. The van der Waals surface area contributed by atoms with Crippen molar-refractivity contribution in [2.45, 2.75) is 19.3 Å². The first-order valence-electron chi connectivity index (χ1n) is 6.57. The van der Waals surface area contributed by atoms with Crippen LogP contribution in [0.15, 0.2) is 18.2 Å². The average molecular weight is 285 g/mol. The van der Waals surface area contributed by atoms with Gasteiger partial charge in [0, 0.05) is 35.5 Å². The minimum Gasteiger partial charge on any atom is -0.355 e. The van der Waals surface area contributed by atoms with E-state index in [0.29, 0.717) is 23.6 Å². The number of hydrogen-bond donors (Lipinski definition) is 2. The third-order valence-electron chi connectivity index (χ3n) is 3.35. The molecule has 1 aromatic rings. The quantitative estimate of drug-likeness (QED) is 0.787. The number of hydrogen-bond acceptors (Lipinski definition) is 2. The van der Waals surface area contributed by atoms with Crippen molar-refractivity contribution in [2.75, 3.05) is 19.6 Å². The van der Waals surface area contributed by atoms with Crippen molar-refractivity contribution in [3.8, 4) is 0 Å². The fourth-order valence-electron chi connectivity index (χ4n) is 2.25. The van der Waals surface area contributed by atoms with Crippen LogP contribution < -0.4 is 10.6 Å². The van der Waals surface area contributed by atoms with Gasteiger partial charge >= 0.3 is 0 Å². The number of amides is 1. The predicted octanol–water partition coefficient (Wildman–Crippen LogP) is 2.31. The van der Waals surface area contributed by atoms with E-state index in [-0.39, 0.29) is 23.6 Å². The molecule has 3 nitrogen and oxygen atoms in total. The first-order chi connectivity index (χ1) is 9.15. The van der Waals surface area contributed by atoms with E-state index in [1.807, 2.05) is 6.92 Å². The Morgan fingerprint density at radius 1 is 1.47 bits per heavy atom. The lowest BCUT2D eigenvalue weighted by Crippen LogP contribution is -2.32. The largest absolute Gasteiger partial charge is 0.355 e. The fourth-order valence-corrected chi connectivity index (χ4v) is 2.55. The normalized spacial score (nSPS) is 21.2. The molecule has 0 spiro atoms. The molecule has 1 fully saturated rings. The Balaban J connectivity index is 1.88. The SMILES string of the molecule is CCNCCNC(=O)C1CC1c1c(F)cccc1Cl. The van der Waals surface area contributed by atoms with Crippen LogP contribution in [0.1, 0.15) is 24.8 Å². The van der Waals surface area contributed by atoms with E-state index in [0.717, 1.165) is 13.1 Å². The molecule has 2 rings (SSSR count). The van der Waals surface area contributed by atoms with E-state index < -0.39 is 0 Å². The number of benzene rings is 1. The minimum atomic E-state index is -0.319. The minimum absolute atomic E-state index is 0.0118. The van der Waals surface area contributed by atoms with Crippen LogP contribution in [-0.4, -0.2) is 25.5 Å². The highest BCUT2D eigenvalue weighted by Crippen LogP contribution is 2.50. The van der Waals surface area contributed by atoms with Crippen molar-refractivity contribution in [1.82, 2.24) is 10.6 Å². The van der Waals surface area contributed by atoms with Crippen molar-refractivity contribution in [3.63, 3.8) is 0 Å². The Labute approximate surface area is 117 Å². The van der Waals surface area contributed by atoms with Crippen LogP contribution in [0.2, 0.25) is 5.02 Å². The summed E-state index contributed by atoms with van der Waals surface area (Å²) < 4.78 is 13.7. The number of likely N-dealkylation sites (N-methyl/N-ethyl adjacent to an activating group) is 1.